The van der Waals surface area contributed by atoms with Gasteiger partial charge in [-0.1, -0.05) is 51.0 Å². The van der Waals surface area contributed by atoms with E-state index in [9.17, 15) is 5.11 Å². The molecule has 0 spiro atoms. The van der Waals surface area contributed by atoms with Gasteiger partial charge in [-0.2, -0.15) is 0 Å². The molecule has 2 unspecified atom stereocenters. The number of aryl methyl sites for hydroxylation is 1. The van der Waals surface area contributed by atoms with Crippen LogP contribution in [0.25, 0.3) is 0 Å². The zero-order valence-corrected chi connectivity index (χ0v) is 20.1. The molecule has 1 N–H and O–H groups in total. The summed E-state index contributed by atoms with van der Waals surface area (Å²) < 4.78 is 0. The maximum absolute atomic E-state index is 10.1. The van der Waals surface area contributed by atoms with Gasteiger partial charge < -0.3 is 5.11 Å². The van der Waals surface area contributed by atoms with E-state index in [1.54, 1.807) is 0 Å². The van der Waals surface area contributed by atoms with Crippen LogP contribution in [-0.4, -0.2) is 25.4 Å². The number of hydrogen-bond donors (Lipinski definition) is 1. The molecule has 24 heavy (non-hydrogen) atoms. The van der Waals surface area contributed by atoms with E-state index in [4.69, 9.17) is 22.0 Å². The number of rotatable bonds is 6. The number of aliphatic imine (C=N–C) groups is 1. The quantitative estimate of drug-likeness (QED) is 0.376. The first-order valence-electron chi connectivity index (χ1n) is 8.77. The Labute approximate surface area is 166 Å². The molecule has 2 rings (SSSR count). The van der Waals surface area contributed by atoms with Crippen molar-refractivity contribution in [2.75, 3.05) is 0 Å². The summed E-state index contributed by atoms with van der Waals surface area (Å²) in [5.41, 5.74) is 2.63. The Morgan fingerprint density at radius 3 is 2.25 bits per heavy atom. The molecule has 6 heteroatoms. The van der Waals surface area contributed by atoms with Crippen LogP contribution in [0.5, 0.6) is 5.75 Å². The number of halogens is 2. The molecule has 0 amide bonds. The van der Waals surface area contributed by atoms with Crippen molar-refractivity contribution in [1.29, 1.82) is 0 Å². The van der Waals surface area contributed by atoms with Crippen LogP contribution >= 0.6 is 17.0 Å². The van der Waals surface area contributed by atoms with Gasteiger partial charge in [-0.3, -0.25) is 4.99 Å². The van der Waals surface area contributed by atoms with Crippen LogP contribution in [0, 0.1) is 6.92 Å². The predicted octanol–water partition coefficient (Wildman–Crippen LogP) is 6.54. The Morgan fingerprint density at radius 2 is 1.79 bits per heavy atom. The maximum atomic E-state index is 10.1. The molecule has 1 saturated carbocycles. The number of aromatic hydroxyl groups is 1. The van der Waals surface area contributed by atoms with Crippen molar-refractivity contribution in [2.45, 2.75) is 70.3 Å². The second-order valence-corrected chi connectivity index (χ2v) is 15.9. The Bertz CT molecular complexity index is 529. The molecule has 1 aliphatic rings. The van der Waals surface area contributed by atoms with Crippen molar-refractivity contribution in [3.8, 4) is 5.75 Å². The molecule has 134 valence electrons. The van der Waals surface area contributed by atoms with Crippen molar-refractivity contribution < 1.29 is 26.0 Å². The van der Waals surface area contributed by atoms with Gasteiger partial charge in [0.2, 0.25) is 0 Å². The van der Waals surface area contributed by atoms with E-state index in [2.05, 4.69) is 20.8 Å². The van der Waals surface area contributed by atoms with Gasteiger partial charge >= 0.3 is 37.9 Å². The molecule has 1 aliphatic carbocycles. The molecule has 0 aromatic heterocycles. The summed E-state index contributed by atoms with van der Waals surface area (Å²) >= 11 is -0.826. The van der Waals surface area contributed by atoms with Gasteiger partial charge in [0.1, 0.15) is 5.75 Å². The van der Waals surface area contributed by atoms with Gasteiger partial charge in [-0.05, 0) is 36.9 Å². The van der Waals surface area contributed by atoms with E-state index < -0.39 is 28.9 Å². The number of benzene rings is 1. The third-order valence-electron chi connectivity index (χ3n) is 5.81. The van der Waals surface area contributed by atoms with Crippen LogP contribution in [0.3, 0.4) is 0 Å². The predicted molar refractivity (Wildman–Crippen MR) is 106 cm³/mol. The van der Waals surface area contributed by atoms with E-state index >= 15 is 0 Å². The number of hydrogen-bond acceptors (Lipinski definition) is 2. The molecule has 2 atom stereocenters. The molecule has 0 bridgehead atoms. The zero-order valence-electron chi connectivity index (χ0n) is 15.1. The van der Waals surface area contributed by atoms with Crippen molar-refractivity contribution in [1.82, 2.24) is 0 Å². The number of para-hydroxylation sites is 1. The fourth-order valence-electron chi connectivity index (χ4n) is 3.87. The summed E-state index contributed by atoms with van der Waals surface area (Å²) in [7, 11) is 8.73. The van der Waals surface area contributed by atoms with Crippen LogP contribution in [0.2, 0.25) is 23.7 Å². The summed E-state index contributed by atoms with van der Waals surface area (Å²) in [6.45, 7) is 9.07. The SMILES string of the molecule is CC[Si](CC)(CC)C1CCC1N=Cc1cccc(C)c1O.[Cl][Zr][Cl]. The molecule has 2 nitrogen and oxygen atoms in total. The third kappa shape index (κ3) is 5.43. The molecule has 0 saturated heterocycles. The van der Waals surface area contributed by atoms with Gasteiger partial charge in [0.25, 0.3) is 0 Å². The third-order valence-corrected chi connectivity index (χ3v) is 12.3. The molecular formula is C18H29Cl2NOSiZr. The second-order valence-electron chi connectivity index (χ2n) is 6.54. The van der Waals surface area contributed by atoms with Gasteiger partial charge in [0, 0.05) is 11.8 Å². The van der Waals surface area contributed by atoms with E-state index in [0.29, 0.717) is 11.8 Å². The summed E-state index contributed by atoms with van der Waals surface area (Å²) in [5, 5.41) is 10.1. The van der Waals surface area contributed by atoms with Crippen molar-refractivity contribution in [3.63, 3.8) is 0 Å². The Balaban J connectivity index is 0.000000891. The van der Waals surface area contributed by atoms with E-state index in [-0.39, 0.29) is 0 Å². The first kappa shape index (κ1) is 22.4. The Hall–Kier alpha value is 0.370. The molecule has 0 heterocycles. The molecular weight excluding hydrogens is 436 g/mol. The molecule has 1 aromatic carbocycles. The summed E-state index contributed by atoms with van der Waals surface area (Å²) in [4.78, 5) is 4.84. The summed E-state index contributed by atoms with van der Waals surface area (Å²) in [6, 6.07) is 10.5. The van der Waals surface area contributed by atoms with Crippen LogP contribution in [0.15, 0.2) is 23.2 Å². The van der Waals surface area contributed by atoms with E-state index in [0.717, 1.165) is 16.7 Å². The normalized spacial score (nSPS) is 20.2. The Morgan fingerprint density at radius 1 is 1.21 bits per heavy atom. The van der Waals surface area contributed by atoms with E-state index in [1.165, 1.54) is 31.0 Å². The first-order valence-corrected chi connectivity index (χ1v) is 17.8. The minimum atomic E-state index is -1.14. The van der Waals surface area contributed by atoms with Crippen molar-refractivity contribution in [2.24, 2.45) is 4.99 Å². The number of phenolic OH excluding ortho intramolecular Hbond substituents is 1. The monoisotopic (exact) mass is 463 g/mol. The molecule has 1 fully saturated rings. The Kier molecular flexibility index (Phi) is 10.4. The molecule has 1 aromatic rings. The van der Waals surface area contributed by atoms with Gasteiger partial charge in [-0.25, -0.2) is 0 Å². The zero-order chi connectivity index (χ0) is 18.2. The van der Waals surface area contributed by atoms with Crippen LogP contribution < -0.4 is 0 Å². The minimum absolute atomic E-state index is 0.377. The average molecular weight is 466 g/mol. The van der Waals surface area contributed by atoms with Crippen LogP contribution in [-0.2, 0) is 20.8 Å². The average Bonchev–Trinajstić information content (AvgIpc) is 2.56. The second kappa shape index (κ2) is 11.2. The van der Waals surface area contributed by atoms with Crippen LogP contribution in [0.4, 0.5) is 0 Å². The topological polar surface area (TPSA) is 32.6 Å². The van der Waals surface area contributed by atoms with Gasteiger partial charge in [-0.15, -0.1) is 0 Å². The summed E-state index contributed by atoms with van der Waals surface area (Å²) in [6.07, 6.45) is 4.49. The van der Waals surface area contributed by atoms with Crippen molar-refractivity contribution >= 4 is 31.3 Å². The summed E-state index contributed by atoms with van der Waals surface area (Å²) in [5.74, 6) is 0.377. The standard InChI is InChI=1S/C18H29NOSi.2ClH.Zr/c1-5-21(6-2,7-3)17-12-11-16(17)19-13-15-10-8-9-14(4)18(15)20;;;/h8-10,13,16-17,20H,5-7,11-12H2,1-4H3;2*1H;/q;;;+2/p-2. The fourth-order valence-corrected chi connectivity index (χ4v) is 8.79. The van der Waals surface area contributed by atoms with Crippen molar-refractivity contribution in [3.05, 3.63) is 29.3 Å². The fraction of sp³-hybridized carbons (Fsp3) is 0.611. The van der Waals surface area contributed by atoms with Gasteiger partial charge in [0.15, 0.2) is 0 Å². The first-order chi connectivity index (χ1) is 11.5. The number of phenols is 1. The van der Waals surface area contributed by atoms with E-state index in [1.807, 2.05) is 31.3 Å². The number of nitrogens with zero attached hydrogens (tertiary/aromatic N) is 1. The molecule has 0 radical (unpaired) electrons. The molecule has 0 aliphatic heterocycles. The van der Waals surface area contributed by atoms with Gasteiger partial charge in [0.05, 0.1) is 14.1 Å². The van der Waals surface area contributed by atoms with Crippen LogP contribution in [0.1, 0.15) is 44.7 Å².